The van der Waals surface area contributed by atoms with Crippen LogP contribution in [0, 0.1) is 5.92 Å². The number of rotatable bonds is 6. The van der Waals surface area contributed by atoms with Gasteiger partial charge in [0.1, 0.15) is 0 Å². The molecule has 0 aromatic heterocycles. The molecule has 2 N–H and O–H groups in total. The Kier molecular flexibility index (Phi) is 5.01. The molecular weight excluding hydrogens is 228 g/mol. The molecule has 2 saturated heterocycles. The van der Waals surface area contributed by atoms with Crippen LogP contribution < -0.4 is 10.6 Å². The molecule has 4 heteroatoms. The largest absolute Gasteiger partial charge is 0.381 e. The highest BCUT2D eigenvalue weighted by Crippen LogP contribution is 2.25. The first-order valence-corrected chi connectivity index (χ1v) is 7.38. The van der Waals surface area contributed by atoms with Gasteiger partial charge in [-0.2, -0.15) is 0 Å². The van der Waals surface area contributed by atoms with E-state index in [1.165, 1.54) is 0 Å². The zero-order chi connectivity index (χ0) is 12.8. The Morgan fingerprint density at radius 3 is 3.06 bits per heavy atom. The molecule has 18 heavy (non-hydrogen) atoms. The van der Waals surface area contributed by atoms with E-state index in [-0.39, 0.29) is 11.4 Å². The lowest BCUT2D eigenvalue weighted by molar-refractivity contribution is -0.127. The fourth-order valence-corrected chi connectivity index (χ4v) is 3.12. The minimum absolute atomic E-state index is 0.209. The Bertz CT molecular complexity index is 269. The molecule has 2 atom stereocenters. The highest BCUT2D eigenvalue weighted by atomic mass is 16.5. The van der Waals surface area contributed by atoms with E-state index < -0.39 is 0 Å². The monoisotopic (exact) mass is 254 g/mol. The average Bonchev–Trinajstić information content (AvgIpc) is 3.01. The van der Waals surface area contributed by atoms with Crippen molar-refractivity contribution >= 4 is 5.91 Å². The van der Waals surface area contributed by atoms with Crippen molar-refractivity contribution in [1.29, 1.82) is 0 Å². The second kappa shape index (κ2) is 6.53. The molecule has 2 fully saturated rings. The number of ether oxygens (including phenoxy) is 1. The minimum atomic E-state index is -0.277. The third-order valence-corrected chi connectivity index (χ3v) is 4.22. The first-order valence-electron chi connectivity index (χ1n) is 7.38. The van der Waals surface area contributed by atoms with Gasteiger partial charge in [-0.05, 0) is 44.6 Å². The summed E-state index contributed by atoms with van der Waals surface area (Å²) in [7, 11) is 0. The van der Waals surface area contributed by atoms with Crippen molar-refractivity contribution in [2.24, 2.45) is 5.92 Å². The first kappa shape index (κ1) is 13.8. The predicted molar refractivity (Wildman–Crippen MR) is 71.4 cm³/mol. The fourth-order valence-electron chi connectivity index (χ4n) is 3.12. The summed E-state index contributed by atoms with van der Waals surface area (Å²) in [6.45, 7) is 5.67. The van der Waals surface area contributed by atoms with E-state index in [0.29, 0.717) is 5.92 Å². The van der Waals surface area contributed by atoms with Gasteiger partial charge < -0.3 is 15.4 Å². The molecule has 0 bridgehead atoms. The van der Waals surface area contributed by atoms with Crippen molar-refractivity contribution in [3.8, 4) is 0 Å². The van der Waals surface area contributed by atoms with E-state index in [0.717, 1.165) is 64.8 Å². The van der Waals surface area contributed by atoms with Crippen molar-refractivity contribution in [2.45, 2.75) is 51.0 Å². The summed E-state index contributed by atoms with van der Waals surface area (Å²) in [5, 5.41) is 6.53. The van der Waals surface area contributed by atoms with Gasteiger partial charge in [0, 0.05) is 19.8 Å². The molecule has 2 aliphatic rings. The molecule has 2 heterocycles. The summed E-state index contributed by atoms with van der Waals surface area (Å²) < 4.78 is 5.35. The van der Waals surface area contributed by atoms with Crippen LogP contribution in [0.2, 0.25) is 0 Å². The summed E-state index contributed by atoms with van der Waals surface area (Å²) in [6, 6.07) is 0. The van der Waals surface area contributed by atoms with E-state index in [9.17, 15) is 4.79 Å². The van der Waals surface area contributed by atoms with Crippen molar-refractivity contribution in [1.82, 2.24) is 10.6 Å². The normalized spacial score (nSPS) is 31.7. The molecule has 0 aromatic carbocycles. The van der Waals surface area contributed by atoms with Gasteiger partial charge in [0.25, 0.3) is 0 Å². The van der Waals surface area contributed by atoms with E-state index in [4.69, 9.17) is 4.74 Å². The van der Waals surface area contributed by atoms with Crippen LogP contribution in [0.15, 0.2) is 0 Å². The Balaban J connectivity index is 1.74. The Labute approximate surface area is 110 Å². The van der Waals surface area contributed by atoms with Crippen molar-refractivity contribution in [3.05, 3.63) is 0 Å². The average molecular weight is 254 g/mol. The summed E-state index contributed by atoms with van der Waals surface area (Å²) >= 11 is 0. The van der Waals surface area contributed by atoms with E-state index >= 15 is 0 Å². The number of amides is 1. The highest BCUT2D eigenvalue weighted by Gasteiger charge is 2.39. The number of carbonyl (C=O) groups excluding carboxylic acids is 1. The maximum absolute atomic E-state index is 12.3. The van der Waals surface area contributed by atoms with Crippen molar-refractivity contribution < 1.29 is 9.53 Å². The van der Waals surface area contributed by atoms with Crippen molar-refractivity contribution in [3.63, 3.8) is 0 Å². The fraction of sp³-hybridized carbons (Fsp3) is 0.929. The summed E-state index contributed by atoms with van der Waals surface area (Å²) in [4.78, 5) is 12.3. The standard InChI is InChI=1S/C14H26N2O2/c1-2-6-14(7-3-8-16-14)13(17)15-9-4-12-5-10-18-11-12/h12,16H,2-11H2,1H3,(H,15,17). The number of hydrogen-bond acceptors (Lipinski definition) is 3. The lowest BCUT2D eigenvalue weighted by Gasteiger charge is -2.28. The summed E-state index contributed by atoms with van der Waals surface area (Å²) in [6.07, 6.45) is 6.30. The van der Waals surface area contributed by atoms with Crippen LogP contribution in [0.1, 0.15) is 45.4 Å². The topological polar surface area (TPSA) is 50.4 Å². The Morgan fingerprint density at radius 1 is 1.56 bits per heavy atom. The van der Waals surface area contributed by atoms with Crippen LogP contribution in [-0.4, -0.2) is 37.7 Å². The Hall–Kier alpha value is -0.610. The maximum Gasteiger partial charge on any atom is 0.240 e. The third-order valence-electron chi connectivity index (χ3n) is 4.22. The molecule has 0 aliphatic carbocycles. The molecule has 1 amide bonds. The molecule has 2 aliphatic heterocycles. The zero-order valence-electron chi connectivity index (χ0n) is 11.5. The van der Waals surface area contributed by atoms with Gasteiger partial charge >= 0.3 is 0 Å². The van der Waals surface area contributed by atoms with E-state index in [1.807, 2.05) is 0 Å². The van der Waals surface area contributed by atoms with Crippen molar-refractivity contribution in [2.75, 3.05) is 26.3 Å². The van der Waals surface area contributed by atoms with Crippen LogP contribution >= 0.6 is 0 Å². The molecule has 2 unspecified atom stereocenters. The van der Waals surface area contributed by atoms with E-state index in [1.54, 1.807) is 0 Å². The Morgan fingerprint density at radius 2 is 2.44 bits per heavy atom. The first-order chi connectivity index (χ1) is 8.77. The van der Waals surface area contributed by atoms with Gasteiger partial charge in [-0.15, -0.1) is 0 Å². The molecule has 0 radical (unpaired) electrons. The number of carbonyl (C=O) groups is 1. The van der Waals surface area contributed by atoms with Crippen LogP contribution in [-0.2, 0) is 9.53 Å². The van der Waals surface area contributed by atoms with Crippen LogP contribution in [0.4, 0.5) is 0 Å². The van der Waals surface area contributed by atoms with Crippen LogP contribution in [0.25, 0.3) is 0 Å². The number of hydrogen-bond donors (Lipinski definition) is 2. The summed E-state index contributed by atoms with van der Waals surface area (Å²) in [5.41, 5.74) is -0.277. The van der Waals surface area contributed by atoms with Gasteiger partial charge in [-0.3, -0.25) is 4.79 Å². The molecule has 4 nitrogen and oxygen atoms in total. The number of nitrogens with one attached hydrogen (secondary N) is 2. The van der Waals surface area contributed by atoms with Gasteiger partial charge in [0.15, 0.2) is 0 Å². The smallest absolute Gasteiger partial charge is 0.240 e. The highest BCUT2D eigenvalue weighted by molar-refractivity contribution is 5.86. The SMILES string of the molecule is CCCC1(C(=O)NCCC2CCOC2)CCCN1. The van der Waals surface area contributed by atoms with Crippen LogP contribution in [0.3, 0.4) is 0 Å². The van der Waals surface area contributed by atoms with Gasteiger partial charge in [-0.25, -0.2) is 0 Å². The molecule has 104 valence electrons. The molecule has 2 rings (SSSR count). The third kappa shape index (κ3) is 3.23. The van der Waals surface area contributed by atoms with Gasteiger partial charge in [0.05, 0.1) is 5.54 Å². The van der Waals surface area contributed by atoms with E-state index in [2.05, 4.69) is 17.6 Å². The lowest BCUT2D eigenvalue weighted by atomic mass is 9.90. The second-order valence-corrected chi connectivity index (χ2v) is 5.64. The predicted octanol–water partition coefficient (Wildman–Crippen LogP) is 1.45. The molecule has 0 aromatic rings. The lowest BCUT2D eigenvalue weighted by Crippen LogP contribution is -2.53. The zero-order valence-corrected chi connectivity index (χ0v) is 11.5. The quantitative estimate of drug-likeness (QED) is 0.754. The second-order valence-electron chi connectivity index (χ2n) is 5.64. The minimum Gasteiger partial charge on any atom is -0.381 e. The van der Waals surface area contributed by atoms with Gasteiger partial charge in [-0.1, -0.05) is 13.3 Å². The molecular formula is C14H26N2O2. The van der Waals surface area contributed by atoms with Gasteiger partial charge in [0.2, 0.25) is 5.91 Å². The molecule has 0 saturated carbocycles. The van der Waals surface area contributed by atoms with Crippen LogP contribution in [0.5, 0.6) is 0 Å². The molecule has 0 spiro atoms. The summed E-state index contributed by atoms with van der Waals surface area (Å²) in [5.74, 6) is 0.852. The maximum atomic E-state index is 12.3.